The minimum absolute atomic E-state index is 0.225. The van der Waals surface area contributed by atoms with Gasteiger partial charge in [-0.25, -0.2) is 0 Å². The number of pyridine rings is 1. The third-order valence-electron chi connectivity index (χ3n) is 3.21. The Balaban J connectivity index is 1.84. The van der Waals surface area contributed by atoms with Crippen LogP contribution in [0.2, 0.25) is 0 Å². The van der Waals surface area contributed by atoms with Crippen molar-refractivity contribution in [3.8, 4) is 0 Å². The summed E-state index contributed by atoms with van der Waals surface area (Å²) in [7, 11) is 1.93. The van der Waals surface area contributed by atoms with Gasteiger partial charge < -0.3 is 5.32 Å². The first-order valence-electron chi connectivity index (χ1n) is 6.32. The Bertz CT molecular complexity index is 702. The van der Waals surface area contributed by atoms with Crippen molar-refractivity contribution in [1.29, 1.82) is 0 Å². The predicted octanol–water partition coefficient (Wildman–Crippen LogP) is 3.14. The van der Waals surface area contributed by atoms with Gasteiger partial charge in [-0.3, -0.25) is 9.67 Å². The highest BCUT2D eigenvalue weighted by Crippen LogP contribution is 2.22. The minimum Gasteiger partial charge on any atom is -0.378 e. The van der Waals surface area contributed by atoms with Crippen LogP contribution in [0.4, 0.5) is 5.69 Å². The number of anilines is 1. The van der Waals surface area contributed by atoms with E-state index in [4.69, 9.17) is 0 Å². The van der Waals surface area contributed by atoms with E-state index in [0.29, 0.717) is 0 Å². The first-order valence-corrected chi connectivity index (χ1v) is 6.32. The smallest absolute Gasteiger partial charge is 0.0703 e. The quantitative estimate of drug-likeness (QED) is 0.778. The molecule has 0 radical (unpaired) electrons. The fourth-order valence-electron chi connectivity index (χ4n) is 2.16. The number of nitrogens with zero attached hydrogens (tertiary/aromatic N) is 3. The fourth-order valence-corrected chi connectivity index (χ4v) is 2.16. The molecule has 0 aliphatic carbocycles. The number of nitrogens with one attached hydrogen (secondary N) is 1. The number of aromatic nitrogens is 3. The third-order valence-corrected chi connectivity index (χ3v) is 3.21. The molecule has 0 amide bonds. The molecular weight excluding hydrogens is 236 g/mol. The predicted molar refractivity (Wildman–Crippen MR) is 77.0 cm³/mol. The molecule has 4 nitrogen and oxygen atoms in total. The molecule has 0 aliphatic rings. The van der Waals surface area contributed by atoms with E-state index in [1.165, 1.54) is 5.56 Å². The molecule has 0 saturated carbocycles. The fraction of sp³-hybridized carbons (Fsp3) is 0.200. The Morgan fingerprint density at radius 1 is 1.26 bits per heavy atom. The van der Waals surface area contributed by atoms with Gasteiger partial charge >= 0.3 is 0 Å². The molecule has 1 unspecified atom stereocenters. The molecule has 2 aromatic heterocycles. The van der Waals surface area contributed by atoms with Gasteiger partial charge in [0.05, 0.1) is 17.8 Å². The van der Waals surface area contributed by atoms with Crippen LogP contribution < -0.4 is 5.32 Å². The van der Waals surface area contributed by atoms with Crippen LogP contribution in [-0.4, -0.2) is 14.8 Å². The lowest BCUT2D eigenvalue weighted by Crippen LogP contribution is -2.05. The second-order valence-corrected chi connectivity index (χ2v) is 4.72. The molecule has 0 spiro atoms. The van der Waals surface area contributed by atoms with E-state index in [-0.39, 0.29) is 6.04 Å². The maximum Gasteiger partial charge on any atom is 0.0703 e. The Morgan fingerprint density at radius 2 is 2.16 bits per heavy atom. The van der Waals surface area contributed by atoms with Crippen LogP contribution in [0.15, 0.2) is 48.9 Å². The van der Waals surface area contributed by atoms with Crippen molar-refractivity contribution in [1.82, 2.24) is 14.8 Å². The van der Waals surface area contributed by atoms with E-state index >= 15 is 0 Å². The molecule has 96 valence electrons. The van der Waals surface area contributed by atoms with E-state index < -0.39 is 0 Å². The van der Waals surface area contributed by atoms with E-state index in [2.05, 4.69) is 40.5 Å². The van der Waals surface area contributed by atoms with Gasteiger partial charge in [0.1, 0.15) is 0 Å². The van der Waals surface area contributed by atoms with Crippen LogP contribution in [-0.2, 0) is 7.05 Å². The summed E-state index contributed by atoms with van der Waals surface area (Å²) in [6, 6.07) is 10.5. The average molecular weight is 252 g/mol. The van der Waals surface area contributed by atoms with E-state index in [1.807, 2.05) is 42.5 Å². The van der Waals surface area contributed by atoms with Gasteiger partial charge in [0, 0.05) is 36.1 Å². The zero-order valence-corrected chi connectivity index (χ0v) is 11.0. The average Bonchev–Trinajstić information content (AvgIpc) is 2.85. The van der Waals surface area contributed by atoms with Crippen LogP contribution >= 0.6 is 0 Å². The van der Waals surface area contributed by atoms with E-state index in [1.54, 1.807) is 0 Å². The molecular formula is C15H16N4. The molecule has 0 aliphatic heterocycles. The highest BCUT2D eigenvalue weighted by Gasteiger charge is 2.07. The van der Waals surface area contributed by atoms with E-state index in [0.717, 1.165) is 16.6 Å². The minimum atomic E-state index is 0.225. The molecule has 1 aromatic carbocycles. The lowest BCUT2D eigenvalue weighted by atomic mass is 10.1. The summed E-state index contributed by atoms with van der Waals surface area (Å²) < 4.78 is 1.82. The Labute approximate surface area is 112 Å². The molecule has 4 heteroatoms. The lowest BCUT2D eigenvalue weighted by Gasteiger charge is -2.14. The van der Waals surface area contributed by atoms with Crippen molar-refractivity contribution in [3.63, 3.8) is 0 Å². The molecule has 1 atom stereocenters. The van der Waals surface area contributed by atoms with Gasteiger partial charge in [-0.15, -0.1) is 0 Å². The molecule has 3 rings (SSSR count). The summed E-state index contributed by atoms with van der Waals surface area (Å²) in [6.07, 6.45) is 5.73. The molecule has 0 saturated heterocycles. The van der Waals surface area contributed by atoms with Crippen molar-refractivity contribution in [2.45, 2.75) is 13.0 Å². The Hall–Kier alpha value is -2.36. The maximum absolute atomic E-state index is 4.32. The molecule has 1 N–H and O–H groups in total. The lowest BCUT2D eigenvalue weighted by molar-refractivity contribution is 0.765. The van der Waals surface area contributed by atoms with Gasteiger partial charge in [0.2, 0.25) is 0 Å². The van der Waals surface area contributed by atoms with Crippen LogP contribution in [0, 0.1) is 0 Å². The molecule has 3 aromatic rings. The summed E-state index contributed by atoms with van der Waals surface area (Å²) in [5.41, 5.74) is 3.28. The first kappa shape index (κ1) is 11.7. The zero-order chi connectivity index (χ0) is 13.2. The summed E-state index contributed by atoms with van der Waals surface area (Å²) >= 11 is 0. The van der Waals surface area contributed by atoms with Gasteiger partial charge in [-0.1, -0.05) is 6.07 Å². The number of benzene rings is 1. The normalized spacial score (nSPS) is 12.5. The van der Waals surface area contributed by atoms with Gasteiger partial charge in [0.15, 0.2) is 0 Å². The summed E-state index contributed by atoms with van der Waals surface area (Å²) in [6.45, 7) is 2.13. The second-order valence-electron chi connectivity index (χ2n) is 4.72. The second kappa shape index (κ2) is 4.72. The molecule has 19 heavy (non-hydrogen) atoms. The van der Waals surface area contributed by atoms with Gasteiger partial charge in [-0.05, 0) is 31.2 Å². The number of hydrogen-bond donors (Lipinski definition) is 1. The van der Waals surface area contributed by atoms with Crippen molar-refractivity contribution >= 4 is 16.6 Å². The van der Waals surface area contributed by atoms with Crippen LogP contribution in [0.3, 0.4) is 0 Å². The summed E-state index contributed by atoms with van der Waals surface area (Å²) in [5, 5.41) is 8.82. The number of hydrogen-bond acceptors (Lipinski definition) is 3. The highest BCUT2D eigenvalue weighted by molar-refractivity contribution is 5.82. The monoisotopic (exact) mass is 252 g/mol. The molecule has 2 heterocycles. The topological polar surface area (TPSA) is 42.7 Å². The molecule has 0 bridgehead atoms. The molecule has 0 fully saturated rings. The SMILES string of the molecule is CC(Nc1ccc2ncccc2c1)c1cnn(C)c1. The van der Waals surface area contributed by atoms with Crippen LogP contribution in [0.1, 0.15) is 18.5 Å². The zero-order valence-electron chi connectivity index (χ0n) is 11.0. The van der Waals surface area contributed by atoms with Crippen molar-refractivity contribution in [2.24, 2.45) is 7.05 Å². The highest BCUT2D eigenvalue weighted by atomic mass is 15.2. The third kappa shape index (κ3) is 2.42. The maximum atomic E-state index is 4.32. The first-order chi connectivity index (χ1) is 9.22. The Morgan fingerprint density at radius 3 is 2.95 bits per heavy atom. The Kier molecular flexibility index (Phi) is 2.91. The van der Waals surface area contributed by atoms with Crippen molar-refractivity contribution in [2.75, 3.05) is 5.32 Å². The van der Waals surface area contributed by atoms with Gasteiger partial charge in [-0.2, -0.15) is 5.10 Å². The number of rotatable bonds is 3. The summed E-state index contributed by atoms with van der Waals surface area (Å²) in [4.78, 5) is 4.32. The van der Waals surface area contributed by atoms with Crippen LogP contribution in [0.5, 0.6) is 0 Å². The standard InChI is InChI=1S/C15H16N4/c1-11(13-9-17-19(2)10-13)18-14-5-6-15-12(8-14)4-3-7-16-15/h3-11,18H,1-2H3. The van der Waals surface area contributed by atoms with Crippen LogP contribution in [0.25, 0.3) is 10.9 Å². The van der Waals surface area contributed by atoms with E-state index in [9.17, 15) is 0 Å². The van der Waals surface area contributed by atoms with Gasteiger partial charge in [0.25, 0.3) is 0 Å². The van der Waals surface area contributed by atoms with Crippen molar-refractivity contribution in [3.05, 3.63) is 54.5 Å². The van der Waals surface area contributed by atoms with Crippen molar-refractivity contribution < 1.29 is 0 Å². The number of fused-ring (bicyclic) bond motifs is 1. The summed E-state index contributed by atoms with van der Waals surface area (Å²) in [5.74, 6) is 0. The number of aryl methyl sites for hydroxylation is 1. The largest absolute Gasteiger partial charge is 0.378 e.